The van der Waals surface area contributed by atoms with Gasteiger partial charge in [-0.05, 0) is 32.9 Å². The molecule has 2 N–H and O–H groups in total. The van der Waals surface area contributed by atoms with Gasteiger partial charge in [-0.15, -0.1) is 0 Å². The van der Waals surface area contributed by atoms with Crippen molar-refractivity contribution in [3.8, 4) is 0 Å². The highest BCUT2D eigenvalue weighted by atomic mass is 16.3. The smallest absolute Gasteiger partial charge is 0.255 e. The first-order valence-electron chi connectivity index (χ1n) is 5.92. The van der Waals surface area contributed by atoms with Crippen LogP contribution in [0.5, 0.6) is 0 Å². The molecule has 1 atom stereocenters. The summed E-state index contributed by atoms with van der Waals surface area (Å²) in [4.78, 5) is 12.1. The molecule has 0 aliphatic rings. The van der Waals surface area contributed by atoms with Gasteiger partial charge in [-0.3, -0.25) is 9.89 Å². The van der Waals surface area contributed by atoms with Crippen molar-refractivity contribution in [3.63, 3.8) is 0 Å². The van der Waals surface area contributed by atoms with E-state index in [-0.39, 0.29) is 11.9 Å². The quantitative estimate of drug-likeness (QED) is 0.867. The van der Waals surface area contributed by atoms with E-state index in [1.807, 2.05) is 32.9 Å². The first-order chi connectivity index (χ1) is 8.58. The molecule has 18 heavy (non-hydrogen) atoms. The number of aromatic nitrogens is 2. The fourth-order valence-corrected chi connectivity index (χ4v) is 1.96. The van der Waals surface area contributed by atoms with Gasteiger partial charge in [0.1, 0.15) is 5.76 Å². The molecular weight excluding hydrogens is 230 g/mol. The molecule has 0 spiro atoms. The van der Waals surface area contributed by atoms with Crippen molar-refractivity contribution >= 4 is 5.91 Å². The number of amides is 1. The molecule has 1 amide bonds. The Hall–Kier alpha value is -2.04. The highest BCUT2D eigenvalue weighted by Gasteiger charge is 2.17. The molecule has 2 heterocycles. The van der Waals surface area contributed by atoms with Gasteiger partial charge < -0.3 is 9.73 Å². The van der Waals surface area contributed by atoms with Crippen molar-refractivity contribution in [2.75, 3.05) is 0 Å². The van der Waals surface area contributed by atoms with Gasteiger partial charge in [0.05, 0.1) is 17.5 Å². The molecule has 0 fully saturated rings. The number of nitrogens with one attached hydrogen (secondary N) is 2. The van der Waals surface area contributed by atoms with Crippen LogP contribution in [0, 0.1) is 13.8 Å². The Morgan fingerprint density at radius 3 is 2.89 bits per heavy atom. The molecule has 96 valence electrons. The zero-order valence-corrected chi connectivity index (χ0v) is 10.8. The summed E-state index contributed by atoms with van der Waals surface area (Å²) in [5.74, 6) is 0.765. The Kier molecular flexibility index (Phi) is 3.50. The molecular formula is C13H17N3O2. The molecule has 0 saturated carbocycles. The van der Waals surface area contributed by atoms with E-state index >= 15 is 0 Å². The van der Waals surface area contributed by atoms with Crippen LogP contribution in [0.3, 0.4) is 0 Å². The molecule has 0 bridgehead atoms. The summed E-state index contributed by atoms with van der Waals surface area (Å²) in [6.45, 7) is 5.60. The maximum atomic E-state index is 12.1. The van der Waals surface area contributed by atoms with Crippen molar-refractivity contribution in [3.05, 3.63) is 41.1 Å². The van der Waals surface area contributed by atoms with Crippen LogP contribution in [-0.2, 0) is 6.42 Å². The predicted molar refractivity (Wildman–Crippen MR) is 67.4 cm³/mol. The number of carbonyl (C=O) groups excluding carboxylic acids is 1. The maximum Gasteiger partial charge on any atom is 0.255 e. The minimum absolute atomic E-state index is 0.0114. The molecule has 5 nitrogen and oxygen atoms in total. The fraction of sp³-hybridized carbons (Fsp3) is 0.385. The molecule has 5 heteroatoms. The zero-order valence-electron chi connectivity index (χ0n) is 10.8. The second-order valence-corrected chi connectivity index (χ2v) is 4.47. The lowest BCUT2D eigenvalue weighted by molar-refractivity contribution is 0.0938. The van der Waals surface area contributed by atoms with Crippen LogP contribution in [0.1, 0.15) is 34.4 Å². The minimum atomic E-state index is -0.0993. The summed E-state index contributed by atoms with van der Waals surface area (Å²) in [6, 6.07) is 3.75. The Morgan fingerprint density at radius 1 is 1.56 bits per heavy atom. The van der Waals surface area contributed by atoms with E-state index in [0.29, 0.717) is 12.0 Å². The fourth-order valence-electron chi connectivity index (χ4n) is 1.96. The topological polar surface area (TPSA) is 70.9 Å². The Labute approximate surface area is 106 Å². The van der Waals surface area contributed by atoms with Crippen LogP contribution in [0.2, 0.25) is 0 Å². The summed E-state index contributed by atoms with van der Waals surface area (Å²) in [6.07, 6.45) is 2.31. The summed E-state index contributed by atoms with van der Waals surface area (Å²) < 4.78 is 5.25. The monoisotopic (exact) mass is 247 g/mol. The van der Waals surface area contributed by atoms with E-state index in [9.17, 15) is 4.79 Å². The molecule has 2 rings (SSSR count). The van der Waals surface area contributed by atoms with E-state index in [2.05, 4.69) is 15.5 Å². The third-order valence-electron chi connectivity index (χ3n) is 2.82. The zero-order chi connectivity index (χ0) is 13.1. The lowest BCUT2D eigenvalue weighted by atomic mass is 10.1. The first kappa shape index (κ1) is 12.4. The van der Waals surface area contributed by atoms with Crippen molar-refractivity contribution < 1.29 is 9.21 Å². The van der Waals surface area contributed by atoms with Crippen molar-refractivity contribution in [2.45, 2.75) is 33.2 Å². The standard InChI is InChI=1S/C13H17N3O2/c1-8(7-11-5-4-6-18-11)14-13(17)12-9(2)15-16-10(12)3/h4-6,8H,7H2,1-3H3,(H,14,17)(H,15,16). The van der Waals surface area contributed by atoms with Gasteiger partial charge in [0.25, 0.3) is 5.91 Å². The third-order valence-corrected chi connectivity index (χ3v) is 2.82. The molecule has 0 saturated heterocycles. The Bertz CT molecular complexity index is 509. The molecule has 0 radical (unpaired) electrons. The highest BCUT2D eigenvalue weighted by Crippen LogP contribution is 2.10. The number of aromatic amines is 1. The van der Waals surface area contributed by atoms with Crippen LogP contribution in [0.15, 0.2) is 22.8 Å². The molecule has 0 aliphatic heterocycles. The SMILES string of the molecule is Cc1n[nH]c(C)c1C(=O)NC(C)Cc1ccco1. The van der Waals surface area contributed by atoms with Crippen LogP contribution >= 0.6 is 0 Å². The second kappa shape index (κ2) is 5.08. The number of furan rings is 1. The minimum Gasteiger partial charge on any atom is -0.469 e. The van der Waals surface area contributed by atoms with Gasteiger partial charge in [0.15, 0.2) is 0 Å². The van der Waals surface area contributed by atoms with E-state index in [0.717, 1.165) is 17.1 Å². The lowest BCUT2D eigenvalue weighted by Crippen LogP contribution is -2.34. The van der Waals surface area contributed by atoms with Gasteiger partial charge in [-0.1, -0.05) is 0 Å². The normalized spacial score (nSPS) is 12.4. The van der Waals surface area contributed by atoms with E-state index in [4.69, 9.17) is 4.42 Å². The average Bonchev–Trinajstić information content (AvgIpc) is 2.89. The second-order valence-electron chi connectivity index (χ2n) is 4.47. The molecule has 1 unspecified atom stereocenters. The largest absolute Gasteiger partial charge is 0.469 e. The number of carbonyl (C=O) groups is 1. The van der Waals surface area contributed by atoms with Gasteiger partial charge in [0.2, 0.25) is 0 Å². The van der Waals surface area contributed by atoms with Crippen LogP contribution < -0.4 is 5.32 Å². The van der Waals surface area contributed by atoms with Gasteiger partial charge in [0, 0.05) is 18.2 Å². The van der Waals surface area contributed by atoms with Crippen molar-refractivity contribution in [1.82, 2.24) is 15.5 Å². The maximum absolute atomic E-state index is 12.1. The highest BCUT2D eigenvalue weighted by molar-refractivity contribution is 5.96. The number of hydrogen-bond donors (Lipinski definition) is 2. The van der Waals surface area contributed by atoms with Crippen molar-refractivity contribution in [2.24, 2.45) is 0 Å². The average molecular weight is 247 g/mol. The predicted octanol–water partition coefficient (Wildman–Crippen LogP) is 1.98. The molecule has 2 aromatic rings. The number of H-pyrrole nitrogens is 1. The van der Waals surface area contributed by atoms with Crippen molar-refractivity contribution in [1.29, 1.82) is 0 Å². The summed E-state index contributed by atoms with van der Waals surface area (Å²) in [7, 11) is 0. The van der Waals surface area contributed by atoms with Gasteiger partial charge in [-0.2, -0.15) is 5.10 Å². The molecule has 2 aromatic heterocycles. The summed E-state index contributed by atoms with van der Waals surface area (Å²) >= 11 is 0. The van der Waals surface area contributed by atoms with Crippen LogP contribution in [0.25, 0.3) is 0 Å². The number of aryl methyl sites for hydroxylation is 2. The number of nitrogens with zero attached hydrogens (tertiary/aromatic N) is 1. The van der Waals surface area contributed by atoms with E-state index < -0.39 is 0 Å². The first-order valence-corrected chi connectivity index (χ1v) is 5.92. The molecule has 0 aromatic carbocycles. The summed E-state index contributed by atoms with van der Waals surface area (Å²) in [5.41, 5.74) is 2.13. The number of hydrogen-bond acceptors (Lipinski definition) is 3. The Balaban J connectivity index is 1.99. The van der Waals surface area contributed by atoms with Gasteiger partial charge >= 0.3 is 0 Å². The van der Waals surface area contributed by atoms with Gasteiger partial charge in [-0.25, -0.2) is 0 Å². The summed E-state index contributed by atoms with van der Waals surface area (Å²) in [5, 5.41) is 9.77. The van der Waals surface area contributed by atoms with Crippen LogP contribution in [-0.4, -0.2) is 22.1 Å². The van der Waals surface area contributed by atoms with E-state index in [1.54, 1.807) is 6.26 Å². The number of rotatable bonds is 4. The lowest BCUT2D eigenvalue weighted by Gasteiger charge is -2.12. The third kappa shape index (κ3) is 2.61. The van der Waals surface area contributed by atoms with E-state index in [1.165, 1.54) is 0 Å². The Morgan fingerprint density at radius 2 is 2.33 bits per heavy atom. The molecule has 0 aliphatic carbocycles. The van der Waals surface area contributed by atoms with Crippen LogP contribution in [0.4, 0.5) is 0 Å².